The molecule has 3 aromatic rings. The van der Waals surface area contributed by atoms with Gasteiger partial charge < -0.3 is 14.7 Å². The molecule has 0 spiro atoms. The normalized spacial score (nSPS) is 16.9. The monoisotopic (exact) mass is 397 g/mol. The highest BCUT2D eigenvalue weighted by atomic mass is 35.5. The van der Waals surface area contributed by atoms with E-state index in [0.717, 1.165) is 24.2 Å². The zero-order valence-corrected chi connectivity index (χ0v) is 16.0. The molecular formula is C20H20ClN5O2. The van der Waals surface area contributed by atoms with Gasteiger partial charge in [0.1, 0.15) is 0 Å². The van der Waals surface area contributed by atoms with Crippen molar-refractivity contribution in [1.29, 1.82) is 0 Å². The topological polar surface area (TPSA) is 84.2 Å². The minimum atomic E-state index is -0.0118. The summed E-state index contributed by atoms with van der Waals surface area (Å²) in [6.45, 7) is 2.17. The lowest BCUT2D eigenvalue weighted by Gasteiger charge is -2.36. The molecule has 8 heteroatoms. The summed E-state index contributed by atoms with van der Waals surface area (Å²) in [5, 5.41) is 7.99. The van der Waals surface area contributed by atoms with Crippen LogP contribution in [0.2, 0.25) is 5.02 Å². The largest absolute Gasteiger partial charge is 0.339 e. The molecule has 0 aliphatic carbocycles. The third-order valence-corrected chi connectivity index (χ3v) is 5.01. The van der Waals surface area contributed by atoms with Gasteiger partial charge in [0.2, 0.25) is 17.6 Å². The van der Waals surface area contributed by atoms with Crippen molar-refractivity contribution in [1.82, 2.24) is 25.3 Å². The maximum atomic E-state index is 12.8. The molecule has 1 N–H and O–H groups in total. The van der Waals surface area contributed by atoms with Crippen molar-refractivity contribution >= 4 is 17.5 Å². The molecule has 0 radical (unpaired) electrons. The third-order valence-electron chi connectivity index (χ3n) is 4.76. The number of carbonyl (C=O) groups excluding carboxylic acids is 1. The van der Waals surface area contributed by atoms with Crippen LogP contribution >= 0.6 is 11.6 Å². The van der Waals surface area contributed by atoms with Crippen LogP contribution in [0, 0.1) is 0 Å². The third kappa shape index (κ3) is 4.21. The van der Waals surface area contributed by atoms with Crippen LogP contribution in [0.4, 0.5) is 0 Å². The number of hydrogen-bond donors (Lipinski definition) is 1. The SMILES string of the molecule is O=C(CCc1nc(-c2ccc(Cl)cc2)no1)N1CCNCC1c1cccnc1. The standard InChI is InChI=1S/C20H20ClN5O2/c21-16-5-3-14(4-6-16)20-24-18(28-25-20)7-8-19(27)26-11-10-23-13-17(26)15-2-1-9-22-12-15/h1-6,9,12,17,23H,7-8,10-11,13H2. The van der Waals surface area contributed by atoms with Gasteiger partial charge in [-0.1, -0.05) is 22.8 Å². The van der Waals surface area contributed by atoms with Crippen LogP contribution in [0.15, 0.2) is 53.3 Å². The fourth-order valence-corrected chi connectivity index (χ4v) is 3.43. The second kappa shape index (κ2) is 8.50. The van der Waals surface area contributed by atoms with E-state index < -0.39 is 0 Å². The van der Waals surface area contributed by atoms with E-state index in [1.807, 2.05) is 35.4 Å². The predicted octanol–water partition coefficient (Wildman–Crippen LogP) is 2.89. The van der Waals surface area contributed by atoms with Gasteiger partial charge in [-0.15, -0.1) is 0 Å². The summed E-state index contributed by atoms with van der Waals surface area (Å²) in [4.78, 5) is 23.3. The Morgan fingerprint density at radius 1 is 1.29 bits per heavy atom. The number of rotatable bonds is 5. The van der Waals surface area contributed by atoms with Gasteiger partial charge in [0.15, 0.2) is 0 Å². The maximum absolute atomic E-state index is 12.8. The van der Waals surface area contributed by atoms with E-state index in [1.54, 1.807) is 18.3 Å². The van der Waals surface area contributed by atoms with Gasteiger partial charge in [0, 0.05) is 55.5 Å². The number of halogens is 1. The van der Waals surface area contributed by atoms with Crippen LogP contribution in [0.5, 0.6) is 0 Å². The van der Waals surface area contributed by atoms with Gasteiger partial charge in [0.25, 0.3) is 0 Å². The number of carbonyl (C=O) groups is 1. The van der Waals surface area contributed by atoms with E-state index in [1.165, 1.54) is 0 Å². The second-order valence-electron chi connectivity index (χ2n) is 6.61. The van der Waals surface area contributed by atoms with Gasteiger partial charge >= 0.3 is 0 Å². The molecule has 1 atom stereocenters. The first-order valence-electron chi connectivity index (χ1n) is 9.19. The van der Waals surface area contributed by atoms with Crippen LogP contribution in [-0.2, 0) is 11.2 Å². The van der Waals surface area contributed by atoms with Crippen LogP contribution < -0.4 is 5.32 Å². The number of hydrogen-bond acceptors (Lipinski definition) is 6. The van der Waals surface area contributed by atoms with Gasteiger partial charge in [0.05, 0.1) is 6.04 Å². The highest BCUT2D eigenvalue weighted by Crippen LogP contribution is 2.23. The number of pyridine rings is 1. The minimum absolute atomic E-state index is 0.0118. The summed E-state index contributed by atoms with van der Waals surface area (Å²) in [7, 11) is 0. The van der Waals surface area contributed by atoms with Crippen molar-refractivity contribution in [2.45, 2.75) is 18.9 Å². The zero-order chi connectivity index (χ0) is 19.3. The molecule has 7 nitrogen and oxygen atoms in total. The van der Waals surface area contributed by atoms with Gasteiger partial charge in [-0.2, -0.15) is 4.98 Å². The average molecular weight is 398 g/mol. The molecule has 0 saturated carbocycles. The lowest BCUT2D eigenvalue weighted by molar-refractivity contribution is -0.134. The van der Waals surface area contributed by atoms with Crippen LogP contribution in [0.1, 0.15) is 23.9 Å². The highest BCUT2D eigenvalue weighted by molar-refractivity contribution is 6.30. The Labute approximate surface area is 167 Å². The van der Waals surface area contributed by atoms with Crippen LogP contribution in [0.3, 0.4) is 0 Å². The Morgan fingerprint density at radius 2 is 2.14 bits per heavy atom. The molecule has 3 heterocycles. The van der Waals surface area contributed by atoms with Crippen molar-refractivity contribution < 1.29 is 9.32 Å². The number of amides is 1. The summed E-state index contributed by atoms with van der Waals surface area (Å²) >= 11 is 5.90. The van der Waals surface area contributed by atoms with E-state index in [4.69, 9.17) is 16.1 Å². The Bertz CT molecular complexity index is 929. The number of nitrogens with zero attached hydrogens (tertiary/aromatic N) is 4. The maximum Gasteiger partial charge on any atom is 0.227 e. The zero-order valence-electron chi connectivity index (χ0n) is 15.2. The minimum Gasteiger partial charge on any atom is -0.339 e. The number of aromatic nitrogens is 3. The van der Waals surface area contributed by atoms with Crippen molar-refractivity contribution in [3.63, 3.8) is 0 Å². The van der Waals surface area contributed by atoms with Gasteiger partial charge in [-0.3, -0.25) is 9.78 Å². The smallest absolute Gasteiger partial charge is 0.227 e. The first-order chi connectivity index (χ1) is 13.7. The van der Waals surface area contributed by atoms with Gasteiger partial charge in [-0.05, 0) is 35.9 Å². The molecular weight excluding hydrogens is 378 g/mol. The molecule has 1 unspecified atom stereocenters. The number of aryl methyl sites for hydroxylation is 1. The lowest BCUT2D eigenvalue weighted by atomic mass is 10.0. The summed E-state index contributed by atoms with van der Waals surface area (Å²) in [6.07, 6.45) is 4.27. The van der Waals surface area contributed by atoms with E-state index in [2.05, 4.69) is 20.4 Å². The van der Waals surface area contributed by atoms with Gasteiger partial charge in [-0.25, -0.2) is 0 Å². The molecule has 1 amide bonds. The first-order valence-corrected chi connectivity index (χ1v) is 9.57. The van der Waals surface area contributed by atoms with Crippen molar-refractivity contribution in [2.24, 2.45) is 0 Å². The lowest BCUT2D eigenvalue weighted by Crippen LogP contribution is -2.48. The highest BCUT2D eigenvalue weighted by Gasteiger charge is 2.28. The molecule has 0 bridgehead atoms. The fourth-order valence-electron chi connectivity index (χ4n) is 3.30. The van der Waals surface area contributed by atoms with E-state index in [-0.39, 0.29) is 11.9 Å². The van der Waals surface area contributed by atoms with Crippen LogP contribution in [0.25, 0.3) is 11.4 Å². The number of piperazine rings is 1. The fraction of sp³-hybridized carbons (Fsp3) is 0.300. The van der Waals surface area contributed by atoms with Crippen LogP contribution in [-0.4, -0.2) is 45.6 Å². The van der Waals surface area contributed by atoms with Crippen molar-refractivity contribution in [3.8, 4) is 11.4 Å². The molecule has 4 rings (SSSR count). The molecule has 1 aliphatic rings. The van der Waals surface area contributed by atoms with E-state index in [0.29, 0.717) is 36.1 Å². The summed E-state index contributed by atoms with van der Waals surface area (Å²) in [6, 6.07) is 11.1. The Kier molecular flexibility index (Phi) is 5.64. The molecule has 1 aromatic carbocycles. The Hall–Kier alpha value is -2.77. The summed E-state index contributed by atoms with van der Waals surface area (Å²) < 4.78 is 5.31. The Morgan fingerprint density at radius 3 is 2.93 bits per heavy atom. The van der Waals surface area contributed by atoms with E-state index >= 15 is 0 Å². The molecule has 1 fully saturated rings. The molecule has 28 heavy (non-hydrogen) atoms. The molecule has 1 saturated heterocycles. The first kappa shape index (κ1) is 18.6. The quantitative estimate of drug-likeness (QED) is 0.712. The van der Waals surface area contributed by atoms with Crippen molar-refractivity contribution in [2.75, 3.05) is 19.6 Å². The Balaban J connectivity index is 1.40. The van der Waals surface area contributed by atoms with Crippen molar-refractivity contribution in [3.05, 3.63) is 65.3 Å². The molecule has 1 aliphatic heterocycles. The summed E-state index contributed by atoms with van der Waals surface area (Å²) in [5.41, 5.74) is 1.86. The molecule has 2 aromatic heterocycles. The molecule has 144 valence electrons. The number of benzene rings is 1. The van der Waals surface area contributed by atoms with E-state index in [9.17, 15) is 4.79 Å². The number of nitrogens with one attached hydrogen (secondary N) is 1. The summed E-state index contributed by atoms with van der Waals surface area (Å²) in [5.74, 6) is 1.02. The second-order valence-corrected chi connectivity index (χ2v) is 7.05. The predicted molar refractivity (Wildman–Crippen MR) is 105 cm³/mol. The average Bonchev–Trinajstić information content (AvgIpc) is 3.22.